The highest BCUT2D eigenvalue weighted by atomic mass is 31.0. The zero-order valence-corrected chi connectivity index (χ0v) is 5.99. The molecule has 1 heterocycles. The predicted molar refractivity (Wildman–Crippen MR) is 39.4 cm³/mol. The highest BCUT2D eigenvalue weighted by molar-refractivity contribution is 7.32. The van der Waals surface area contributed by atoms with Crippen LogP contribution in [-0.2, 0) is 0 Å². The minimum Gasteiger partial charge on any atom is -0.409 e. The van der Waals surface area contributed by atoms with Gasteiger partial charge in [0.05, 0.1) is 13.5 Å². The summed E-state index contributed by atoms with van der Waals surface area (Å²) in [6, 6.07) is 7.65. The van der Waals surface area contributed by atoms with Crippen molar-refractivity contribution in [2.45, 2.75) is 0 Å². The van der Waals surface area contributed by atoms with Gasteiger partial charge in [0.25, 0.3) is 0 Å². The van der Waals surface area contributed by atoms with E-state index in [1.165, 1.54) is 0 Å². The molecule has 0 radical (unpaired) electrons. The first-order chi connectivity index (χ1) is 4.86. The Labute approximate surface area is 59.0 Å². The summed E-state index contributed by atoms with van der Waals surface area (Å²) >= 11 is 0. The van der Waals surface area contributed by atoms with Crippen LogP contribution in [0.3, 0.4) is 0 Å². The molecular formula is C6H5N2OP. The van der Waals surface area contributed by atoms with Crippen molar-refractivity contribution >= 4 is 19.0 Å². The fraction of sp³-hybridized carbons (Fsp3) is 0. The molecule has 0 aliphatic rings. The van der Waals surface area contributed by atoms with Gasteiger partial charge in [0, 0.05) is 0 Å². The van der Waals surface area contributed by atoms with Gasteiger partial charge in [-0.1, -0.05) is 16.7 Å². The summed E-state index contributed by atoms with van der Waals surface area (Å²) in [4.78, 5) is 0. The molecule has 3 nitrogen and oxygen atoms in total. The molecule has 4 heteroatoms. The lowest BCUT2D eigenvalue weighted by Crippen LogP contribution is -1.83. The van der Waals surface area contributed by atoms with Crippen molar-refractivity contribution < 1.29 is 5.21 Å². The topological polar surface area (TPSA) is 38.0 Å². The minimum atomic E-state index is 0.744. The maximum atomic E-state index is 8.90. The molecule has 0 fully saturated rings. The quantitative estimate of drug-likeness (QED) is 0.585. The minimum absolute atomic E-state index is 0.744. The van der Waals surface area contributed by atoms with E-state index in [0.29, 0.717) is 0 Å². The van der Waals surface area contributed by atoms with E-state index in [1.54, 1.807) is 0 Å². The van der Waals surface area contributed by atoms with Crippen molar-refractivity contribution in [2.75, 3.05) is 0 Å². The van der Waals surface area contributed by atoms with Crippen LogP contribution < -0.4 is 0 Å². The van der Waals surface area contributed by atoms with E-state index in [2.05, 4.69) is 5.10 Å². The second-order valence-corrected chi connectivity index (χ2v) is 3.00. The van der Waals surface area contributed by atoms with E-state index in [4.69, 9.17) is 5.21 Å². The van der Waals surface area contributed by atoms with Crippen LogP contribution in [0, 0.1) is 0 Å². The molecule has 0 saturated heterocycles. The average Bonchev–Trinajstić information content (AvgIpc) is 2.27. The third-order valence-electron chi connectivity index (χ3n) is 1.28. The molecule has 1 N–H and O–H groups in total. The first-order valence-corrected chi connectivity index (χ1v) is 3.72. The smallest absolute Gasteiger partial charge is 0.101 e. The highest BCUT2D eigenvalue weighted by Crippen LogP contribution is 2.19. The normalized spacial score (nSPS) is 11.2. The lowest BCUT2D eigenvalue weighted by atomic mass is 10.3. The van der Waals surface area contributed by atoms with E-state index in [-0.39, 0.29) is 0 Å². The number of nitrogens with zero attached hydrogens (tertiary/aromatic N) is 2. The van der Waals surface area contributed by atoms with Crippen molar-refractivity contribution in [1.29, 1.82) is 0 Å². The summed E-state index contributed by atoms with van der Waals surface area (Å²) in [5.41, 5.74) is 0.853. The van der Waals surface area contributed by atoms with Gasteiger partial charge in [-0.15, -0.1) is 5.10 Å². The third-order valence-corrected chi connectivity index (χ3v) is 2.14. The van der Waals surface area contributed by atoms with Crippen LogP contribution >= 0.6 is 8.35 Å². The first-order valence-electron chi connectivity index (χ1n) is 2.87. The lowest BCUT2D eigenvalue weighted by Gasteiger charge is -1.79. The maximum Gasteiger partial charge on any atom is 0.101 e. The van der Waals surface area contributed by atoms with Crippen LogP contribution in [0.1, 0.15) is 0 Å². The standard InChI is InChI=1S/C6H5N2OP/c9-8-7-5-3-1-2-4-6(5)10-8/h1-4,9H. The largest absolute Gasteiger partial charge is 0.409 e. The van der Waals surface area contributed by atoms with Gasteiger partial charge in [0.1, 0.15) is 5.52 Å². The van der Waals surface area contributed by atoms with E-state index in [1.807, 2.05) is 24.3 Å². The molecule has 50 valence electrons. The molecule has 0 spiro atoms. The van der Waals surface area contributed by atoms with Gasteiger partial charge >= 0.3 is 0 Å². The molecule has 10 heavy (non-hydrogen) atoms. The number of rotatable bonds is 0. The summed E-state index contributed by atoms with van der Waals surface area (Å²) in [6.45, 7) is 0. The van der Waals surface area contributed by atoms with Gasteiger partial charge < -0.3 is 5.21 Å². The van der Waals surface area contributed by atoms with Crippen LogP contribution in [0.25, 0.3) is 10.6 Å². The molecule has 0 saturated carbocycles. The fourth-order valence-corrected chi connectivity index (χ4v) is 1.56. The summed E-state index contributed by atoms with van der Waals surface area (Å²) in [6.07, 6.45) is 0. The maximum absolute atomic E-state index is 8.90. The van der Waals surface area contributed by atoms with E-state index in [9.17, 15) is 0 Å². The molecule has 2 aromatic rings. The van der Waals surface area contributed by atoms with Crippen LogP contribution in [0.2, 0.25) is 0 Å². The predicted octanol–water partition coefficient (Wildman–Crippen LogP) is 1.85. The molecule has 2 rings (SSSR count). The van der Waals surface area contributed by atoms with Crippen LogP contribution in [0.4, 0.5) is 0 Å². The number of hydrogen-bond acceptors (Lipinski definition) is 2. The Morgan fingerprint density at radius 1 is 1.40 bits per heavy atom. The number of hydrogen-bond donors (Lipinski definition) is 1. The molecular weight excluding hydrogens is 147 g/mol. The Kier molecular flexibility index (Phi) is 1.11. The summed E-state index contributed by atoms with van der Waals surface area (Å²) in [5, 5.41) is 13.8. The van der Waals surface area contributed by atoms with Gasteiger partial charge in [-0.25, -0.2) is 0 Å². The molecule has 0 bridgehead atoms. The molecule has 0 aliphatic heterocycles. The Hall–Kier alpha value is -1.08. The monoisotopic (exact) mass is 152 g/mol. The van der Waals surface area contributed by atoms with E-state index in [0.717, 1.165) is 23.6 Å². The number of fused-ring (bicyclic) bond motifs is 1. The molecule has 0 amide bonds. The molecule has 0 aliphatic carbocycles. The Morgan fingerprint density at radius 2 is 2.20 bits per heavy atom. The van der Waals surface area contributed by atoms with Crippen molar-refractivity contribution in [3.05, 3.63) is 24.3 Å². The van der Waals surface area contributed by atoms with Crippen LogP contribution in [0.5, 0.6) is 0 Å². The van der Waals surface area contributed by atoms with Crippen molar-refractivity contribution in [2.24, 2.45) is 0 Å². The number of aromatic nitrogens is 2. The molecule has 0 unspecified atom stereocenters. The number of benzene rings is 1. The second-order valence-electron chi connectivity index (χ2n) is 1.96. The molecule has 1 aromatic heterocycles. The lowest BCUT2D eigenvalue weighted by molar-refractivity contribution is 0.183. The summed E-state index contributed by atoms with van der Waals surface area (Å²) < 4.78 is 0.921. The van der Waals surface area contributed by atoms with Crippen LogP contribution in [0.15, 0.2) is 24.3 Å². The average molecular weight is 152 g/mol. The van der Waals surface area contributed by atoms with Gasteiger partial charge in [0.2, 0.25) is 0 Å². The first kappa shape index (κ1) is 5.69. The van der Waals surface area contributed by atoms with Crippen molar-refractivity contribution in [3.63, 3.8) is 0 Å². The Morgan fingerprint density at radius 3 is 3.00 bits per heavy atom. The van der Waals surface area contributed by atoms with Gasteiger partial charge in [0.15, 0.2) is 0 Å². The summed E-state index contributed by atoms with van der Waals surface area (Å²) in [5.74, 6) is 0. The van der Waals surface area contributed by atoms with Crippen molar-refractivity contribution in [1.82, 2.24) is 9.71 Å². The Bertz CT molecular complexity index is 324. The Balaban J connectivity index is 2.88. The zero-order chi connectivity index (χ0) is 6.97. The molecule has 1 aromatic carbocycles. The van der Waals surface area contributed by atoms with E-state index >= 15 is 0 Å². The zero-order valence-electron chi connectivity index (χ0n) is 5.10. The second kappa shape index (κ2) is 1.96. The van der Waals surface area contributed by atoms with Gasteiger partial charge in [-0.2, -0.15) is 0 Å². The molecule has 0 atom stereocenters. The SMILES string of the molecule is On1nc2ccccc2p1. The highest BCUT2D eigenvalue weighted by Gasteiger charge is 1.95. The van der Waals surface area contributed by atoms with E-state index < -0.39 is 0 Å². The van der Waals surface area contributed by atoms with Crippen molar-refractivity contribution in [3.8, 4) is 0 Å². The van der Waals surface area contributed by atoms with Gasteiger partial charge in [-0.05, 0) is 12.1 Å². The fourth-order valence-electron chi connectivity index (χ4n) is 0.848. The van der Waals surface area contributed by atoms with Gasteiger partial charge in [-0.3, -0.25) is 0 Å². The van der Waals surface area contributed by atoms with Crippen LogP contribution in [-0.4, -0.2) is 14.9 Å². The summed E-state index contributed by atoms with van der Waals surface area (Å²) in [7, 11) is 0.744. The third kappa shape index (κ3) is 0.755.